The number of nitrogens with zero attached hydrogens (tertiary/aromatic N) is 4. The first-order valence-electron chi connectivity index (χ1n) is 10.3. The Balaban J connectivity index is 1.40. The number of carbonyl (C=O) groups excluding carboxylic acids is 2. The van der Waals surface area contributed by atoms with Crippen LogP contribution in [0.1, 0.15) is 38.7 Å². The van der Waals surface area contributed by atoms with Crippen molar-refractivity contribution in [1.82, 2.24) is 14.9 Å². The Kier molecular flexibility index (Phi) is 4.29. The molecule has 0 bridgehead atoms. The first-order chi connectivity index (χ1) is 15.6. The number of imide groups is 1. The van der Waals surface area contributed by atoms with Crippen molar-refractivity contribution in [1.29, 1.82) is 0 Å². The van der Waals surface area contributed by atoms with E-state index in [2.05, 4.69) is 9.88 Å². The molecular formula is C24H17FN4O2S. The second-order valence-electron chi connectivity index (χ2n) is 7.98. The summed E-state index contributed by atoms with van der Waals surface area (Å²) in [5, 5.41) is 0. The molecule has 0 aliphatic carbocycles. The number of carbonyl (C=O) groups is 2. The zero-order valence-corrected chi connectivity index (χ0v) is 17.6. The van der Waals surface area contributed by atoms with Crippen LogP contribution in [0, 0.1) is 5.82 Å². The number of rotatable bonds is 3. The Bertz CT molecular complexity index is 1350. The van der Waals surface area contributed by atoms with Crippen LogP contribution in [0.5, 0.6) is 0 Å². The molecule has 6 nitrogen and oxygen atoms in total. The van der Waals surface area contributed by atoms with Crippen molar-refractivity contribution >= 4 is 39.3 Å². The third-order valence-corrected chi connectivity index (χ3v) is 6.91. The number of anilines is 1. The second kappa shape index (κ2) is 7.20. The third kappa shape index (κ3) is 2.90. The molecule has 0 N–H and O–H groups in total. The normalized spacial score (nSPS) is 20.4. The number of amides is 2. The first kappa shape index (κ1) is 19.1. The Labute approximate surface area is 186 Å². The molecule has 4 heterocycles. The van der Waals surface area contributed by atoms with Gasteiger partial charge in [0.15, 0.2) is 0 Å². The Morgan fingerprint density at radius 1 is 0.969 bits per heavy atom. The lowest BCUT2D eigenvalue weighted by Gasteiger charge is -2.26. The molecule has 6 rings (SSSR count). The van der Waals surface area contributed by atoms with E-state index in [0.717, 1.165) is 21.7 Å². The van der Waals surface area contributed by atoms with Gasteiger partial charge in [0.25, 0.3) is 11.8 Å². The highest BCUT2D eigenvalue weighted by Gasteiger charge is 2.45. The number of halogens is 1. The summed E-state index contributed by atoms with van der Waals surface area (Å²) in [6, 6.07) is 16.6. The van der Waals surface area contributed by atoms with E-state index in [-0.39, 0.29) is 29.7 Å². The van der Waals surface area contributed by atoms with E-state index in [1.165, 1.54) is 28.4 Å². The summed E-state index contributed by atoms with van der Waals surface area (Å²) in [5.74, 6) is -0.157. The number of pyridine rings is 1. The standard InChI is InChI=1S/C24H17FN4O2S/c25-15-5-3-4-14(10-15)20-11-16(29-23(30)17-6-1-2-7-18(17)24(29)31)12-28(20)21-9-8-19-22(27-21)32-13-26-19/h1-10,13,16,20H,11-12H2/t16?,20-/m1/s1. The number of fused-ring (bicyclic) bond motifs is 2. The van der Waals surface area contributed by atoms with Gasteiger partial charge < -0.3 is 4.90 Å². The van der Waals surface area contributed by atoms with Crippen LogP contribution in [0.25, 0.3) is 10.3 Å². The smallest absolute Gasteiger partial charge is 0.261 e. The number of thiazole rings is 1. The van der Waals surface area contributed by atoms with Crippen molar-refractivity contribution in [2.45, 2.75) is 18.5 Å². The summed E-state index contributed by atoms with van der Waals surface area (Å²) in [6.07, 6.45) is 0.497. The highest BCUT2D eigenvalue weighted by molar-refractivity contribution is 7.16. The fraction of sp³-hybridized carbons (Fsp3) is 0.167. The van der Waals surface area contributed by atoms with Gasteiger partial charge in [-0.05, 0) is 48.4 Å². The van der Waals surface area contributed by atoms with Gasteiger partial charge in [-0.15, -0.1) is 11.3 Å². The highest BCUT2D eigenvalue weighted by atomic mass is 32.1. The van der Waals surface area contributed by atoms with Crippen LogP contribution in [-0.4, -0.2) is 39.3 Å². The molecule has 158 valence electrons. The van der Waals surface area contributed by atoms with Crippen LogP contribution >= 0.6 is 11.3 Å². The number of benzene rings is 2. The van der Waals surface area contributed by atoms with Gasteiger partial charge in [0.1, 0.15) is 22.0 Å². The van der Waals surface area contributed by atoms with E-state index in [9.17, 15) is 14.0 Å². The molecule has 4 aromatic rings. The van der Waals surface area contributed by atoms with Crippen molar-refractivity contribution in [2.75, 3.05) is 11.4 Å². The molecule has 1 saturated heterocycles. The van der Waals surface area contributed by atoms with Gasteiger partial charge in [0, 0.05) is 6.54 Å². The van der Waals surface area contributed by atoms with Crippen LogP contribution < -0.4 is 4.90 Å². The van der Waals surface area contributed by atoms with E-state index in [1.54, 1.807) is 35.8 Å². The van der Waals surface area contributed by atoms with Gasteiger partial charge in [-0.3, -0.25) is 14.5 Å². The van der Waals surface area contributed by atoms with Gasteiger partial charge >= 0.3 is 0 Å². The third-order valence-electron chi connectivity index (χ3n) is 6.18. The average Bonchev–Trinajstić information content (AvgIpc) is 3.51. The van der Waals surface area contributed by atoms with E-state index < -0.39 is 0 Å². The lowest BCUT2D eigenvalue weighted by atomic mass is 10.0. The van der Waals surface area contributed by atoms with Crippen LogP contribution in [0.2, 0.25) is 0 Å². The van der Waals surface area contributed by atoms with Gasteiger partial charge in [0.05, 0.1) is 28.7 Å². The summed E-state index contributed by atoms with van der Waals surface area (Å²) >= 11 is 1.45. The van der Waals surface area contributed by atoms with Crippen molar-refractivity contribution in [3.05, 3.63) is 88.7 Å². The minimum Gasteiger partial charge on any atom is -0.347 e. The molecule has 0 saturated carbocycles. The summed E-state index contributed by atoms with van der Waals surface area (Å²) < 4.78 is 14.1. The molecule has 0 spiro atoms. The Morgan fingerprint density at radius 2 is 1.75 bits per heavy atom. The van der Waals surface area contributed by atoms with Crippen LogP contribution in [0.4, 0.5) is 10.2 Å². The van der Waals surface area contributed by atoms with Crippen LogP contribution in [0.3, 0.4) is 0 Å². The summed E-state index contributed by atoms with van der Waals surface area (Å²) in [5.41, 5.74) is 4.22. The average molecular weight is 444 g/mol. The summed E-state index contributed by atoms with van der Waals surface area (Å²) in [7, 11) is 0. The molecule has 2 aromatic carbocycles. The van der Waals surface area contributed by atoms with Gasteiger partial charge in [-0.25, -0.2) is 14.4 Å². The lowest BCUT2D eigenvalue weighted by molar-refractivity contribution is 0.0596. The monoisotopic (exact) mass is 444 g/mol. The van der Waals surface area contributed by atoms with Crippen molar-refractivity contribution < 1.29 is 14.0 Å². The Hall–Kier alpha value is -3.65. The second-order valence-corrected chi connectivity index (χ2v) is 8.82. The fourth-order valence-corrected chi connectivity index (χ4v) is 5.38. The van der Waals surface area contributed by atoms with Crippen LogP contribution in [0.15, 0.2) is 66.2 Å². The molecule has 2 aliphatic rings. The summed E-state index contributed by atoms with van der Waals surface area (Å²) in [4.78, 5) is 39.4. The van der Waals surface area contributed by atoms with E-state index >= 15 is 0 Å². The maximum absolute atomic E-state index is 14.1. The van der Waals surface area contributed by atoms with Crippen molar-refractivity contribution in [3.63, 3.8) is 0 Å². The van der Waals surface area contributed by atoms with Gasteiger partial charge in [-0.1, -0.05) is 24.3 Å². The number of hydrogen-bond donors (Lipinski definition) is 0. The molecule has 2 atom stereocenters. The Morgan fingerprint density at radius 3 is 2.50 bits per heavy atom. The predicted octanol–water partition coefficient (Wildman–Crippen LogP) is 4.45. The zero-order valence-electron chi connectivity index (χ0n) is 16.8. The minimum absolute atomic E-state index is 0.224. The SMILES string of the molecule is O=C1c2ccccc2C(=O)N1C1C[C@H](c2cccc(F)c2)N(c2ccc3ncsc3n2)C1. The van der Waals surface area contributed by atoms with E-state index in [0.29, 0.717) is 24.1 Å². The number of aromatic nitrogens is 2. The molecule has 1 unspecified atom stereocenters. The molecule has 32 heavy (non-hydrogen) atoms. The quantitative estimate of drug-likeness (QED) is 0.437. The summed E-state index contributed by atoms with van der Waals surface area (Å²) in [6.45, 7) is 0.421. The molecule has 1 fully saturated rings. The van der Waals surface area contributed by atoms with Crippen molar-refractivity contribution in [3.8, 4) is 0 Å². The van der Waals surface area contributed by atoms with Crippen LogP contribution in [-0.2, 0) is 0 Å². The molecule has 0 radical (unpaired) electrons. The zero-order chi connectivity index (χ0) is 21.8. The lowest BCUT2D eigenvalue weighted by Crippen LogP contribution is -2.41. The molecule has 2 aliphatic heterocycles. The van der Waals surface area contributed by atoms with Gasteiger partial charge in [0.2, 0.25) is 0 Å². The maximum Gasteiger partial charge on any atom is 0.261 e. The maximum atomic E-state index is 14.1. The largest absolute Gasteiger partial charge is 0.347 e. The minimum atomic E-state index is -0.352. The topological polar surface area (TPSA) is 66.4 Å². The fourth-order valence-electron chi connectivity index (χ4n) is 4.72. The molecular weight excluding hydrogens is 427 g/mol. The first-order valence-corrected chi connectivity index (χ1v) is 11.2. The molecule has 2 aromatic heterocycles. The van der Waals surface area contributed by atoms with E-state index in [4.69, 9.17) is 4.98 Å². The molecule has 2 amide bonds. The number of hydrogen-bond acceptors (Lipinski definition) is 6. The molecule has 8 heteroatoms. The predicted molar refractivity (Wildman–Crippen MR) is 119 cm³/mol. The van der Waals surface area contributed by atoms with E-state index in [1.807, 2.05) is 18.2 Å². The van der Waals surface area contributed by atoms with Crippen molar-refractivity contribution in [2.24, 2.45) is 0 Å². The highest BCUT2D eigenvalue weighted by Crippen LogP contribution is 2.40. The van der Waals surface area contributed by atoms with Gasteiger partial charge in [-0.2, -0.15) is 0 Å².